The first-order chi connectivity index (χ1) is 16.6. The number of nitrogens with zero attached hydrogens (tertiary/aromatic N) is 1. The van der Waals surface area contributed by atoms with Gasteiger partial charge in [-0.05, 0) is 78.7 Å². The van der Waals surface area contributed by atoms with Gasteiger partial charge in [-0.1, -0.05) is 25.5 Å². The third-order valence-electron chi connectivity index (χ3n) is 5.76. The summed E-state index contributed by atoms with van der Waals surface area (Å²) in [5, 5.41) is 3.27. The number of carbonyl (C=O) groups is 1. The highest BCUT2D eigenvalue weighted by atomic mass is 16.5. The lowest BCUT2D eigenvalue weighted by Gasteiger charge is -2.25. The van der Waals surface area contributed by atoms with Crippen LogP contribution in [0.4, 0.5) is 11.4 Å². The molecule has 1 atom stereocenters. The lowest BCUT2D eigenvalue weighted by molar-refractivity contribution is -0.114. The second kappa shape index (κ2) is 10.8. The standard InChI is InChI=1S/C28H30N2O4/c1-4-5-18-34-25-12-6-20(7-13-25)27-19-26(29-21-8-14-23(32-2)15-9-21)28(31)30(27)22-10-16-24(33-3)17-11-22/h6-17,19,27,29H,4-5,18H2,1-3H3/t27-/m1/s1. The van der Waals surface area contributed by atoms with Crippen LogP contribution in [0.5, 0.6) is 17.2 Å². The molecule has 176 valence electrons. The minimum Gasteiger partial charge on any atom is -0.497 e. The van der Waals surface area contributed by atoms with E-state index in [9.17, 15) is 4.79 Å². The van der Waals surface area contributed by atoms with Gasteiger partial charge in [0.05, 0.1) is 26.9 Å². The minimum absolute atomic E-state index is 0.103. The summed E-state index contributed by atoms with van der Waals surface area (Å²) in [5.41, 5.74) is 3.13. The van der Waals surface area contributed by atoms with E-state index in [1.807, 2.05) is 78.9 Å². The van der Waals surface area contributed by atoms with E-state index in [4.69, 9.17) is 14.2 Å². The molecule has 3 aromatic carbocycles. The Morgan fingerprint density at radius 2 is 1.41 bits per heavy atom. The molecule has 1 aliphatic heterocycles. The zero-order valence-electron chi connectivity index (χ0n) is 19.8. The second-order valence-electron chi connectivity index (χ2n) is 8.02. The first-order valence-electron chi connectivity index (χ1n) is 11.5. The van der Waals surface area contributed by atoms with Crippen LogP contribution in [-0.2, 0) is 4.79 Å². The Morgan fingerprint density at radius 1 is 0.824 bits per heavy atom. The largest absolute Gasteiger partial charge is 0.497 e. The number of anilines is 2. The molecule has 0 fully saturated rings. The minimum atomic E-state index is -0.258. The molecule has 0 unspecified atom stereocenters. The third kappa shape index (κ3) is 5.17. The molecule has 1 N–H and O–H groups in total. The van der Waals surface area contributed by atoms with E-state index in [-0.39, 0.29) is 11.9 Å². The maximum absolute atomic E-state index is 13.5. The average molecular weight is 459 g/mol. The number of ether oxygens (including phenoxy) is 3. The first-order valence-corrected chi connectivity index (χ1v) is 11.5. The summed E-state index contributed by atoms with van der Waals surface area (Å²) in [6.07, 6.45) is 4.07. The van der Waals surface area contributed by atoms with E-state index in [2.05, 4.69) is 12.2 Å². The Bertz CT molecular complexity index is 1120. The number of rotatable bonds is 10. The highest BCUT2D eigenvalue weighted by molar-refractivity contribution is 6.11. The number of nitrogens with one attached hydrogen (secondary N) is 1. The molecule has 0 bridgehead atoms. The van der Waals surface area contributed by atoms with Crippen molar-refractivity contribution in [3.63, 3.8) is 0 Å². The Kier molecular flexibility index (Phi) is 7.38. The van der Waals surface area contributed by atoms with Crippen LogP contribution >= 0.6 is 0 Å². The summed E-state index contributed by atoms with van der Waals surface area (Å²) in [4.78, 5) is 15.3. The molecule has 4 rings (SSSR count). The number of methoxy groups -OCH3 is 2. The van der Waals surface area contributed by atoms with Gasteiger partial charge in [-0.25, -0.2) is 0 Å². The van der Waals surface area contributed by atoms with Gasteiger partial charge in [0, 0.05) is 11.4 Å². The van der Waals surface area contributed by atoms with Crippen LogP contribution in [0.3, 0.4) is 0 Å². The molecule has 6 nitrogen and oxygen atoms in total. The Balaban J connectivity index is 1.62. The van der Waals surface area contributed by atoms with Crippen LogP contribution in [0.15, 0.2) is 84.6 Å². The van der Waals surface area contributed by atoms with Gasteiger partial charge in [-0.2, -0.15) is 0 Å². The third-order valence-corrected chi connectivity index (χ3v) is 5.76. The van der Waals surface area contributed by atoms with Gasteiger partial charge in [0.25, 0.3) is 5.91 Å². The molecule has 3 aromatic rings. The Morgan fingerprint density at radius 3 is 2.00 bits per heavy atom. The van der Waals surface area contributed by atoms with Crippen LogP contribution in [0.1, 0.15) is 31.4 Å². The molecule has 1 aliphatic rings. The van der Waals surface area contributed by atoms with E-state index < -0.39 is 0 Å². The second-order valence-corrected chi connectivity index (χ2v) is 8.02. The summed E-state index contributed by atoms with van der Waals surface area (Å²) in [6.45, 7) is 2.84. The molecule has 1 amide bonds. The molecule has 0 radical (unpaired) electrons. The predicted molar refractivity (Wildman–Crippen MR) is 135 cm³/mol. The number of carbonyl (C=O) groups excluding carboxylic acids is 1. The van der Waals surface area contributed by atoms with Gasteiger partial charge in [-0.3, -0.25) is 9.69 Å². The fourth-order valence-corrected chi connectivity index (χ4v) is 3.85. The lowest BCUT2D eigenvalue weighted by atomic mass is 10.1. The van der Waals surface area contributed by atoms with Crippen molar-refractivity contribution in [3.8, 4) is 17.2 Å². The monoisotopic (exact) mass is 458 g/mol. The number of amides is 1. The van der Waals surface area contributed by atoms with Gasteiger partial charge in [0.15, 0.2) is 0 Å². The van der Waals surface area contributed by atoms with Crippen LogP contribution in [0.25, 0.3) is 0 Å². The normalized spacial score (nSPS) is 15.1. The SMILES string of the molecule is CCCCOc1ccc([C@H]2C=C(Nc3ccc(OC)cc3)C(=O)N2c2ccc(OC)cc2)cc1. The molecular weight excluding hydrogens is 428 g/mol. The first kappa shape index (κ1) is 23.2. The molecule has 1 heterocycles. The van der Waals surface area contributed by atoms with Gasteiger partial charge < -0.3 is 19.5 Å². The summed E-state index contributed by atoms with van der Waals surface area (Å²) >= 11 is 0. The van der Waals surface area contributed by atoms with Gasteiger partial charge in [0.1, 0.15) is 22.9 Å². The van der Waals surface area contributed by atoms with Crippen molar-refractivity contribution in [3.05, 3.63) is 90.1 Å². The lowest BCUT2D eigenvalue weighted by Crippen LogP contribution is -2.30. The molecular formula is C28H30N2O4. The van der Waals surface area contributed by atoms with Crippen molar-refractivity contribution in [2.75, 3.05) is 31.0 Å². The summed E-state index contributed by atoms with van der Waals surface area (Å²) in [7, 11) is 3.25. The topological polar surface area (TPSA) is 60.0 Å². The van der Waals surface area contributed by atoms with E-state index in [1.165, 1.54) is 0 Å². The fourth-order valence-electron chi connectivity index (χ4n) is 3.85. The number of unbranched alkanes of at least 4 members (excludes halogenated alkanes) is 1. The maximum atomic E-state index is 13.5. The van der Waals surface area contributed by atoms with Crippen molar-refractivity contribution in [2.45, 2.75) is 25.8 Å². The summed E-state index contributed by atoms with van der Waals surface area (Å²) < 4.78 is 16.3. The zero-order valence-corrected chi connectivity index (χ0v) is 19.8. The summed E-state index contributed by atoms with van der Waals surface area (Å²) in [6, 6.07) is 22.7. The van der Waals surface area contributed by atoms with E-state index >= 15 is 0 Å². The Labute approximate surface area is 200 Å². The molecule has 34 heavy (non-hydrogen) atoms. The Hall–Kier alpha value is -3.93. The fraction of sp³-hybridized carbons (Fsp3) is 0.250. The van der Waals surface area contributed by atoms with Crippen LogP contribution in [0, 0.1) is 0 Å². The highest BCUT2D eigenvalue weighted by Gasteiger charge is 2.34. The van der Waals surface area contributed by atoms with Crippen molar-refractivity contribution >= 4 is 17.3 Å². The molecule has 0 spiro atoms. The average Bonchev–Trinajstić information content (AvgIpc) is 3.20. The maximum Gasteiger partial charge on any atom is 0.275 e. The predicted octanol–water partition coefficient (Wildman–Crippen LogP) is 5.97. The van der Waals surface area contributed by atoms with Gasteiger partial charge in [0.2, 0.25) is 0 Å². The van der Waals surface area contributed by atoms with Gasteiger partial charge in [-0.15, -0.1) is 0 Å². The molecule has 0 aromatic heterocycles. The highest BCUT2D eigenvalue weighted by Crippen LogP contribution is 2.37. The molecule has 0 saturated heterocycles. The molecule has 0 saturated carbocycles. The van der Waals surface area contributed by atoms with Gasteiger partial charge >= 0.3 is 0 Å². The van der Waals surface area contributed by atoms with E-state index in [1.54, 1.807) is 19.1 Å². The van der Waals surface area contributed by atoms with E-state index in [0.717, 1.165) is 47.0 Å². The molecule has 6 heteroatoms. The van der Waals surface area contributed by atoms with Crippen LogP contribution in [-0.4, -0.2) is 26.7 Å². The van der Waals surface area contributed by atoms with Crippen molar-refractivity contribution in [1.82, 2.24) is 0 Å². The number of hydrogen-bond acceptors (Lipinski definition) is 5. The van der Waals surface area contributed by atoms with E-state index in [0.29, 0.717) is 12.3 Å². The number of benzene rings is 3. The van der Waals surface area contributed by atoms with Crippen molar-refractivity contribution in [2.24, 2.45) is 0 Å². The van der Waals surface area contributed by atoms with Crippen molar-refractivity contribution < 1.29 is 19.0 Å². The smallest absolute Gasteiger partial charge is 0.275 e. The number of hydrogen-bond donors (Lipinski definition) is 1. The summed E-state index contributed by atoms with van der Waals surface area (Å²) in [5.74, 6) is 2.23. The van der Waals surface area contributed by atoms with Crippen LogP contribution < -0.4 is 24.4 Å². The molecule has 0 aliphatic carbocycles. The van der Waals surface area contributed by atoms with Crippen molar-refractivity contribution in [1.29, 1.82) is 0 Å². The zero-order chi connectivity index (χ0) is 23.9. The van der Waals surface area contributed by atoms with Crippen LogP contribution in [0.2, 0.25) is 0 Å². The quantitative estimate of drug-likeness (QED) is 0.380.